The summed E-state index contributed by atoms with van der Waals surface area (Å²) in [6.45, 7) is 4.67. The van der Waals surface area contributed by atoms with Gasteiger partial charge in [-0.1, -0.05) is 17.6 Å². The van der Waals surface area contributed by atoms with E-state index in [1.54, 1.807) is 19.9 Å². The Kier molecular flexibility index (Phi) is 9.54. The van der Waals surface area contributed by atoms with Crippen molar-refractivity contribution in [2.24, 2.45) is 5.11 Å². The third-order valence-electron chi connectivity index (χ3n) is 6.47. The van der Waals surface area contributed by atoms with Crippen molar-refractivity contribution < 1.29 is 35.4 Å². The molecule has 0 fully saturated rings. The number of unbranched alkanes of at least 4 members (excludes halogenated alkanes) is 2. The van der Waals surface area contributed by atoms with E-state index in [1.807, 2.05) is 4.90 Å². The molecule has 2 aromatic rings. The topological polar surface area (TPSA) is 166 Å². The van der Waals surface area contributed by atoms with Crippen molar-refractivity contribution in [1.29, 1.82) is 0 Å². The number of carbonyl (C=O) groups is 1. The van der Waals surface area contributed by atoms with Gasteiger partial charge in [0.1, 0.15) is 11.3 Å². The number of fused-ring (bicyclic) bond motifs is 2. The first kappa shape index (κ1) is 31.0. The van der Waals surface area contributed by atoms with E-state index in [-0.39, 0.29) is 29.0 Å². The van der Waals surface area contributed by atoms with Gasteiger partial charge in [-0.15, -0.1) is 0 Å². The molecular formula is C25H30F3N5O6S. The van der Waals surface area contributed by atoms with Crippen molar-refractivity contribution in [1.82, 2.24) is 5.32 Å². The van der Waals surface area contributed by atoms with E-state index >= 15 is 0 Å². The van der Waals surface area contributed by atoms with E-state index in [9.17, 15) is 35.7 Å². The zero-order valence-corrected chi connectivity index (χ0v) is 22.8. The van der Waals surface area contributed by atoms with Crippen molar-refractivity contribution in [3.63, 3.8) is 0 Å². The van der Waals surface area contributed by atoms with Gasteiger partial charge in [0, 0.05) is 59.7 Å². The van der Waals surface area contributed by atoms with Crippen LogP contribution in [0.3, 0.4) is 0 Å². The van der Waals surface area contributed by atoms with Crippen LogP contribution in [0.1, 0.15) is 57.1 Å². The van der Waals surface area contributed by atoms with Gasteiger partial charge in [-0.05, 0) is 50.3 Å². The summed E-state index contributed by atoms with van der Waals surface area (Å²) in [4.78, 5) is 28.4. The van der Waals surface area contributed by atoms with Gasteiger partial charge in [-0.25, -0.2) is 4.79 Å². The number of nitrogens with zero attached hydrogens (tertiary/aromatic N) is 4. The summed E-state index contributed by atoms with van der Waals surface area (Å²) in [7, 11) is -4.52. The van der Waals surface area contributed by atoms with Crippen LogP contribution >= 0.6 is 0 Å². The van der Waals surface area contributed by atoms with Crippen LogP contribution in [0.2, 0.25) is 0 Å². The molecule has 11 nitrogen and oxygen atoms in total. The van der Waals surface area contributed by atoms with Crippen molar-refractivity contribution >= 4 is 38.3 Å². The van der Waals surface area contributed by atoms with Crippen molar-refractivity contribution in [3.05, 3.63) is 56.3 Å². The van der Waals surface area contributed by atoms with Gasteiger partial charge in [0.25, 0.3) is 10.1 Å². The number of nitrogens with one attached hydrogen (secondary N) is 1. The molecule has 1 aliphatic heterocycles. The molecule has 0 spiro atoms. The minimum atomic E-state index is -4.86. The summed E-state index contributed by atoms with van der Waals surface area (Å²) in [5, 5.41) is 5.73. The van der Waals surface area contributed by atoms with Crippen LogP contribution < -0.4 is 15.8 Å². The van der Waals surface area contributed by atoms with E-state index in [0.717, 1.165) is 6.07 Å². The number of amides is 1. The first-order valence-corrected chi connectivity index (χ1v) is 14.1. The van der Waals surface area contributed by atoms with Crippen LogP contribution in [0.4, 0.5) is 18.9 Å². The molecule has 0 radical (unpaired) electrons. The van der Waals surface area contributed by atoms with E-state index in [0.29, 0.717) is 57.1 Å². The highest BCUT2D eigenvalue weighted by Gasteiger charge is 2.37. The zero-order chi connectivity index (χ0) is 29.7. The number of halogens is 3. The molecule has 40 heavy (non-hydrogen) atoms. The quantitative estimate of drug-likeness (QED) is 0.0877. The highest BCUT2D eigenvalue weighted by molar-refractivity contribution is 7.86. The fraction of sp³-hybridized carbons (Fsp3) is 0.520. The maximum atomic E-state index is 13.7. The molecule has 3 rings (SSSR count). The van der Waals surface area contributed by atoms with Gasteiger partial charge in [0.05, 0.1) is 11.1 Å². The van der Waals surface area contributed by atoms with Crippen LogP contribution in [0.5, 0.6) is 0 Å². The Morgan fingerprint density at radius 2 is 1.93 bits per heavy atom. The van der Waals surface area contributed by atoms with Crippen molar-refractivity contribution in [3.8, 4) is 0 Å². The summed E-state index contributed by atoms with van der Waals surface area (Å²) in [6, 6.07) is 2.79. The number of rotatable bonds is 12. The molecule has 15 heteroatoms. The number of alkyl halides is 3. The van der Waals surface area contributed by atoms with Gasteiger partial charge >= 0.3 is 11.8 Å². The van der Waals surface area contributed by atoms with Gasteiger partial charge in [0.15, 0.2) is 0 Å². The average molecular weight is 586 g/mol. The first-order valence-electron chi connectivity index (χ1n) is 12.5. The summed E-state index contributed by atoms with van der Waals surface area (Å²) in [5.41, 5.74) is 5.40. The molecule has 0 atom stereocenters. The fourth-order valence-corrected chi connectivity index (χ4v) is 5.40. The highest BCUT2D eigenvalue weighted by Crippen LogP contribution is 2.44. The molecule has 0 unspecified atom stereocenters. The van der Waals surface area contributed by atoms with E-state index in [2.05, 4.69) is 15.3 Å². The maximum absolute atomic E-state index is 13.7. The molecular weight excluding hydrogens is 555 g/mol. The van der Waals surface area contributed by atoms with Crippen LogP contribution in [-0.4, -0.2) is 49.8 Å². The Labute approximate surface area is 228 Å². The Hall–Kier alpha value is -3.55. The lowest BCUT2D eigenvalue weighted by Crippen LogP contribution is -2.46. The zero-order valence-electron chi connectivity index (χ0n) is 22.0. The Morgan fingerprint density at radius 3 is 2.58 bits per heavy atom. The first-order chi connectivity index (χ1) is 18.6. The SMILES string of the molecule is CC1(C)C=C(CS(=O)(=O)O)c2cc3c(C(F)(F)F)cc(=O)oc3cc2N1CCCCCC(=O)NCCCN=[N+]=[N-]. The molecule has 2 heterocycles. The molecule has 0 aliphatic carbocycles. The molecule has 0 saturated heterocycles. The number of anilines is 1. The molecule has 2 N–H and O–H groups in total. The lowest BCUT2D eigenvalue weighted by atomic mass is 9.87. The lowest BCUT2D eigenvalue weighted by molar-refractivity contribution is -0.136. The maximum Gasteiger partial charge on any atom is 0.417 e. The third kappa shape index (κ3) is 7.99. The number of hydrogen-bond donors (Lipinski definition) is 2. The average Bonchev–Trinajstić information content (AvgIpc) is 2.82. The van der Waals surface area contributed by atoms with Crippen molar-refractivity contribution in [2.75, 3.05) is 30.3 Å². The van der Waals surface area contributed by atoms with Gasteiger partial charge < -0.3 is 14.6 Å². The Balaban J connectivity index is 1.85. The van der Waals surface area contributed by atoms with Crippen LogP contribution in [0, 0.1) is 0 Å². The van der Waals surface area contributed by atoms with Crippen LogP contribution in [0.15, 0.2) is 38.6 Å². The monoisotopic (exact) mass is 585 g/mol. The standard InChI is InChI=1S/C25H30F3N5O6S/c1-24(2)14-16(15-40(36,37)38)17-11-18-19(25(26,27)28)12-23(35)39-21(18)13-20(17)33(24)10-5-3-4-7-22(34)30-8-6-9-31-32-29/h11-14H,3-10,15H2,1-2H3,(H,30,34)(H,36,37,38). The van der Waals surface area contributed by atoms with E-state index in [1.165, 1.54) is 6.07 Å². The largest absolute Gasteiger partial charge is 0.423 e. The summed E-state index contributed by atoms with van der Waals surface area (Å²) < 4.78 is 79.3. The lowest BCUT2D eigenvalue weighted by Gasteiger charge is -2.44. The number of carbonyl (C=O) groups excluding carboxylic acids is 1. The number of hydrogen-bond acceptors (Lipinski definition) is 7. The van der Waals surface area contributed by atoms with Crippen LogP contribution in [-0.2, 0) is 21.1 Å². The number of benzene rings is 1. The smallest absolute Gasteiger partial charge is 0.417 e. The fourth-order valence-electron chi connectivity index (χ4n) is 4.77. The van der Waals surface area contributed by atoms with E-state index < -0.39 is 44.2 Å². The van der Waals surface area contributed by atoms with Crippen molar-refractivity contribution in [2.45, 2.75) is 57.7 Å². The summed E-state index contributed by atoms with van der Waals surface area (Å²) in [5.74, 6) is -0.942. The molecule has 1 aromatic heterocycles. The van der Waals surface area contributed by atoms with Gasteiger partial charge in [-0.2, -0.15) is 21.6 Å². The molecule has 0 saturated carbocycles. The number of azide groups is 1. The van der Waals surface area contributed by atoms with Crippen LogP contribution in [0.25, 0.3) is 27.0 Å². The normalized spacial score (nSPS) is 14.8. The second-order valence-corrected chi connectivity index (χ2v) is 11.5. The minimum Gasteiger partial charge on any atom is -0.423 e. The Morgan fingerprint density at radius 1 is 1.20 bits per heavy atom. The molecule has 218 valence electrons. The van der Waals surface area contributed by atoms with Gasteiger partial charge in [0.2, 0.25) is 5.91 Å². The molecule has 1 amide bonds. The second kappa shape index (κ2) is 12.3. The third-order valence-corrected chi connectivity index (χ3v) is 7.15. The molecule has 0 bridgehead atoms. The predicted molar refractivity (Wildman–Crippen MR) is 143 cm³/mol. The minimum absolute atomic E-state index is 0.122. The summed E-state index contributed by atoms with van der Waals surface area (Å²) >= 11 is 0. The molecule has 1 aromatic carbocycles. The second-order valence-electron chi connectivity index (χ2n) is 10.0. The van der Waals surface area contributed by atoms with Gasteiger partial charge in [-0.3, -0.25) is 9.35 Å². The highest BCUT2D eigenvalue weighted by atomic mass is 32.2. The molecule has 1 aliphatic rings. The summed E-state index contributed by atoms with van der Waals surface area (Å²) in [6.07, 6.45) is -0.628. The predicted octanol–water partition coefficient (Wildman–Crippen LogP) is 5.06. The van der Waals surface area contributed by atoms with E-state index in [4.69, 9.17) is 9.95 Å². The Bertz CT molecular complexity index is 1510.